The Hall–Kier alpha value is -6.04. The van der Waals surface area contributed by atoms with Gasteiger partial charge >= 0.3 is 0 Å². The number of thioether (sulfide) groups is 1. The number of carbonyl (C=O) groups is 3. The number of ether oxygens (including phenoxy) is 1. The number of benzene rings is 5. The second kappa shape index (κ2) is 17.3. The minimum Gasteiger partial charge on any atom is -0.493 e. The lowest BCUT2D eigenvalue weighted by Crippen LogP contribution is -2.30. The summed E-state index contributed by atoms with van der Waals surface area (Å²) >= 11 is 2.64. The first-order chi connectivity index (χ1) is 25.4. The van der Waals surface area contributed by atoms with Gasteiger partial charge in [0.25, 0.3) is 11.8 Å². The third-order valence-electron chi connectivity index (χ3n) is 7.63. The van der Waals surface area contributed by atoms with Crippen LogP contribution in [0.15, 0.2) is 149 Å². The van der Waals surface area contributed by atoms with E-state index < -0.39 is 17.1 Å². The van der Waals surface area contributed by atoms with Gasteiger partial charge in [-0.05, 0) is 85.3 Å². The third-order valence-corrected chi connectivity index (χ3v) is 9.65. The molecule has 6 rings (SSSR count). The average molecular weight is 729 g/mol. The van der Waals surface area contributed by atoms with Gasteiger partial charge in [0.05, 0.1) is 12.3 Å². The fourth-order valence-corrected chi connectivity index (χ4v) is 6.84. The summed E-state index contributed by atoms with van der Waals surface area (Å²) in [6.45, 7) is 2.30. The topological polar surface area (TPSA) is 109 Å². The van der Waals surface area contributed by atoms with E-state index in [4.69, 9.17) is 4.74 Å². The molecule has 0 spiro atoms. The lowest BCUT2D eigenvalue weighted by Gasteiger charge is -2.17. The zero-order valence-corrected chi connectivity index (χ0v) is 29.5. The molecule has 6 aromatic rings. The van der Waals surface area contributed by atoms with Crippen LogP contribution in [0.2, 0.25) is 0 Å². The molecule has 0 aliphatic carbocycles. The zero-order valence-electron chi connectivity index (χ0n) is 27.9. The van der Waals surface area contributed by atoms with Crippen LogP contribution in [0.3, 0.4) is 0 Å². The van der Waals surface area contributed by atoms with E-state index >= 15 is 0 Å². The highest BCUT2D eigenvalue weighted by molar-refractivity contribution is 8.00. The first-order valence-electron chi connectivity index (χ1n) is 16.3. The molecule has 0 saturated carbocycles. The molecule has 260 valence electrons. The Morgan fingerprint density at radius 2 is 1.50 bits per heavy atom. The van der Waals surface area contributed by atoms with E-state index in [0.29, 0.717) is 40.0 Å². The predicted molar refractivity (Wildman–Crippen MR) is 206 cm³/mol. The summed E-state index contributed by atoms with van der Waals surface area (Å²) < 4.78 is 19.1. The predicted octanol–water partition coefficient (Wildman–Crippen LogP) is 9.23. The number of amides is 3. The van der Waals surface area contributed by atoms with Crippen LogP contribution in [0.25, 0.3) is 17.3 Å². The number of halogens is 1. The van der Waals surface area contributed by atoms with E-state index in [1.807, 2.05) is 73.0 Å². The number of hydrogen-bond donors (Lipinski definition) is 3. The summed E-state index contributed by atoms with van der Waals surface area (Å²) in [6.07, 6.45) is 1.58. The van der Waals surface area contributed by atoms with Crippen molar-refractivity contribution in [3.8, 4) is 17.0 Å². The molecule has 0 saturated heterocycles. The number of anilines is 2. The smallest absolute Gasteiger partial charge is 0.272 e. The van der Waals surface area contributed by atoms with Crippen molar-refractivity contribution in [3.05, 3.63) is 167 Å². The van der Waals surface area contributed by atoms with Gasteiger partial charge in [-0.1, -0.05) is 66.7 Å². The quantitative estimate of drug-likeness (QED) is 0.0809. The van der Waals surface area contributed by atoms with E-state index in [9.17, 15) is 18.8 Å². The van der Waals surface area contributed by atoms with Crippen molar-refractivity contribution >= 4 is 57.7 Å². The van der Waals surface area contributed by atoms with Gasteiger partial charge in [0.15, 0.2) is 5.13 Å². The molecule has 1 aromatic heterocycles. The van der Waals surface area contributed by atoms with E-state index in [1.165, 1.54) is 35.2 Å². The monoisotopic (exact) mass is 728 g/mol. The van der Waals surface area contributed by atoms with Crippen molar-refractivity contribution in [2.24, 2.45) is 0 Å². The summed E-state index contributed by atoms with van der Waals surface area (Å²) in [7, 11) is 0. The van der Waals surface area contributed by atoms with Crippen molar-refractivity contribution in [2.45, 2.75) is 17.1 Å². The first kappa shape index (κ1) is 35.8. The molecule has 8 nitrogen and oxygen atoms in total. The number of rotatable bonds is 13. The Labute approximate surface area is 308 Å². The van der Waals surface area contributed by atoms with Crippen LogP contribution in [0.5, 0.6) is 5.75 Å². The maximum Gasteiger partial charge on any atom is 0.272 e. The number of hydrogen-bond acceptors (Lipinski definition) is 7. The Morgan fingerprint density at radius 3 is 2.21 bits per heavy atom. The summed E-state index contributed by atoms with van der Waals surface area (Å²) in [5.74, 6) is -0.979. The number of nitrogens with zero attached hydrogens (tertiary/aromatic N) is 1. The highest BCUT2D eigenvalue weighted by Gasteiger charge is 2.24. The third kappa shape index (κ3) is 9.39. The van der Waals surface area contributed by atoms with E-state index in [0.717, 1.165) is 16.0 Å². The van der Waals surface area contributed by atoms with Crippen LogP contribution in [-0.2, 0) is 9.59 Å². The van der Waals surface area contributed by atoms with E-state index in [2.05, 4.69) is 20.9 Å². The Kier molecular flexibility index (Phi) is 11.9. The molecule has 1 atom stereocenters. The summed E-state index contributed by atoms with van der Waals surface area (Å²) in [5, 5.41) is 10.2. The number of thiazole rings is 1. The molecule has 52 heavy (non-hydrogen) atoms. The number of nitrogens with one attached hydrogen (secondary N) is 3. The molecule has 5 aromatic carbocycles. The molecule has 0 aliphatic heterocycles. The molecule has 0 radical (unpaired) electrons. The van der Waals surface area contributed by atoms with Gasteiger partial charge in [-0.3, -0.25) is 14.4 Å². The largest absolute Gasteiger partial charge is 0.493 e. The van der Waals surface area contributed by atoms with Crippen molar-refractivity contribution < 1.29 is 23.5 Å². The SMILES string of the molecule is CCOc1ccccc1/C=C(\NC(=O)c1ccccc1)C(=O)Nc1ccc(SC(C(=O)Nc2nc(-c3ccc(F)cc3)cs2)c2ccccc2)cc1. The lowest BCUT2D eigenvalue weighted by molar-refractivity contribution is -0.116. The summed E-state index contributed by atoms with van der Waals surface area (Å²) in [4.78, 5) is 45.8. The van der Waals surface area contributed by atoms with Crippen LogP contribution in [0.1, 0.15) is 33.7 Å². The fraction of sp³-hybridized carbons (Fsp3) is 0.0732. The second-order valence-electron chi connectivity index (χ2n) is 11.3. The van der Waals surface area contributed by atoms with Gasteiger partial charge in [0.2, 0.25) is 5.91 Å². The van der Waals surface area contributed by atoms with Gasteiger partial charge in [0, 0.05) is 32.7 Å². The van der Waals surface area contributed by atoms with Gasteiger partial charge in [-0.2, -0.15) is 0 Å². The minimum atomic E-state index is -0.618. The van der Waals surface area contributed by atoms with Crippen LogP contribution in [0.4, 0.5) is 15.2 Å². The van der Waals surface area contributed by atoms with Gasteiger partial charge in [-0.25, -0.2) is 9.37 Å². The van der Waals surface area contributed by atoms with E-state index in [-0.39, 0.29) is 17.4 Å². The van der Waals surface area contributed by atoms with E-state index in [1.54, 1.807) is 66.7 Å². The molecular weight excluding hydrogens is 696 g/mol. The summed E-state index contributed by atoms with van der Waals surface area (Å²) in [6, 6.07) is 38.4. The standard InChI is InChI=1S/C41H33FN4O4S2/c1-2-50-36-16-10-9-15-30(36)25-34(44-38(47)29-13-7-4-8-14-29)39(48)43-32-21-23-33(24-22-32)52-37(28-11-5-3-6-12-28)40(49)46-41-45-35(26-51-41)27-17-19-31(42)20-18-27/h3-26,37H,2H2,1H3,(H,43,48)(H,44,47)(H,45,46,49)/b34-25-. The Morgan fingerprint density at radius 1 is 0.827 bits per heavy atom. The molecule has 0 aliphatic rings. The lowest BCUT2D eigenvalue weighted by atomic mass is 10.1. The van der Waals surface area contributed by atoms with Crippen LogP contribution < -0.4 is 20.7 Å². The van der Waals surface area contributed by atoms with Crippen molar-refractivity contribution in [1.29, 1.82) is 0 Å². The van der Waals surface area contributed by atoms with Crippen molar-refractivity contribution in [1.82, 2.24) is 10.3 Å². The number of para-hydroxylation sites is 1. The molecule has 3 amide bonds. The van der Waals surface area contributed by atoms with Crippen LogP contribution >= 0.6 is 23.1 Å². The molecular formula is C41H33FN4O4S2. The molecule has 1 heterocycles. The zero-order chi connectivity index (χ0) is 36.3. The molecule has 0 bridgehead atoms. The molecule has 0 fully saturated rings. The highest BCUT2D eigenvalue weighted by atomic mass is 32.2. The normalized spacial score (nSPS) is 11.7. The first-order valence-corrected chi connectivity index (χ1v) is 18.1. The highest BCUT2D eigenvalue weighted by Crippen LogP contribution is 2.37. The maximum absolute atomic E-state index is 13.7. The second-order valence-corrected chi connectivity index (χ2v) is 13.3. The summed E-state index contributed by atoms with van der Waals surface area (Å²) in [5.41, 5.74) is 3.74. The Bertz CT molecular complexity index is 2170. The average Bonchev–Trinajstić information content (AvgIpc) is 3.64. The van der Waals surface area contributed by atoms with Crippen LogP contribution in [0, 0.1) is 5.82 Å². The molecule has 3 N–H and O–H groups in total. The van der Waals surface area contributed by atoms with Crippen molar-refractivity contribution in [2.75, 3.05) is 17.2 Å². The van der Waals surface area contributed by atoms with Gasteiger partial charge in [-0.15, -0.1) is 23.1 Å². The van der Waals surface area contributed by atoms with Crippen LogP contribution in [-0.4, -0.2) is 29.3 Å². The number of carbonyl (C=O) groups excluding carboxylic acids is 3. The molecule has 1 unspecified atom stereocenters. The maximum atomic E-state index is 13.7. The fourth-order valence-electron chi connectivity index (χ4n) is 5.09. The molecule has 11 heteroatoms. The van der Waals surface area contributed by atoms with Gasteiger partial charge < -0.3 is 20.7 Å². The van der Waals surface area contributed by atoms with Gasteiger partial charge in [0.1, 0.15) is 22.5 Å². The number of aromatic nitrogens is 1. The minimum absolute atomic E-state index is 0.0324. The van der Waals surface area contributed by atoms with Crippen molar-refractivity contribution in [3.63, 3.8) is 0 Å². The Balaban J connectivity index is 1.18.